The molecule has 450 valence electrons. The van der Waals surface area contributed by atoms with E-state index in [1.807, 2.05) is 99.6 Å². The van der Waals surface area contributed by atoms with Gasteiger partial charge in [-0.1, -0.05) is 33.1 Å². The highest BCUT2D eigenvalue weighted by Crippen LogP contribution is 2.27. The molecule has 0 aromatic carbocycles. The zero-order valence-electron chi connectivity index (χ0n) is 47.0. The van der Waals surface area contributed by atoms with Crippen LogP contribution in [-0.2, 0) is 47.7 Å². The molecule has 26 heteroatoms. The number of hydrogen-bond donors (Lipinski definition) is 3. The van der Waals surface area contributed by atoms with E-state index in [0.29, 0.717) is 76.8 Å². The third-order valence-corrected chi connectivity index (χ3v) is 14.4. The van der Waals surface area contributed by atoms with Crippen LogP contribution >= 0.6 is 11.6 Å². The van der Waals surface area contributed by atoms with Gasteiger partial charge in [0, 0.05) is 92.3 Å². The first-order valence-corrected chi connectivity index (χ1v) is 28.2. The van der Waals surface area contributed by atoms with Gasteiger partial charge in [-0.3, -0.25) is 24.8 Å². The number of morpholine rings is 2. The van der Waals surface area contributed by atoms with Crippen LogP contribution in [0.3, 0.4) is 0 Å². The van der Waals surface area contributed by atoms with E-state index in [1.165, 1.54) is 0 Å². The molecule has 0 atom stereocenters. The molecule has 2 aliphatic heterocycles. The van der Waals surface area contributed by atoms with Crippen molar-refractivity contribution in [1.29, 1.82) is 0 Å². The molecule has 0 spiro atoms. The lowest BCUT2D eigenvalue weighted by atomic mass is 10.1. The predicted octanol–water partition coefficient (Wildman–Crippen LogP) is 8.46. The number of nitrogens with zero attached hydrogens (tertiary/aromatic N) is 17. The summed E-state index contributed by atoms with van der Waals surface area (Å²) >= 11 is 5.86. The largest absolute Gasteiger partial charge is 0.458 e. The summed E-state index contributed by atoms with van der Waals surface area (Å²) in [4.78, 5) is 45.0. The second-order valence-corrected chi connectivity index (χ2v) is 20.7. The fourth-order valence-electron chi connectivity index (χ4n) is 10.0. The van der Waals surface area contributed by atoms with E-state index in [4.69, 9.17) is 61.5 Å². The number of halogens is 1. The van der Waals surface area contributed by atoms with Gasteiger partial charge in [-0.25, -0.2) is 0 Å². The lowest BCUT2D eigenvalue weighted by Crippen LogP contribution is -2.35. The Kier molecular flexibility index (Phi) is 19.0. The molecule has 25 nitrogen and oxygen atoms in total. The lowest BCUT2D eigenvalue weighted by Gasteiger charge is -2.26. The Balaban J connectivity index is 0.000000144. The fraction of sp³-hybridized carbons (Fsp3) is 0.311. The van der Waals surface area contributed by atoms with Crippen molar-refractivity contribution in [3.8, 4) is 34.8 Å². The predicted molar refractivity (Wildman–Crippen MR) is 329 cm³/mol. The quantitative estimate of drug-likeness (QED) is 0.0859. The molecule has 0 bridgehead atoms. The summed E-state index contributed by atoms with van der Waals surface area (Å²) in [5.74, 6) is 6.67. The molecule has 12 aromatic rings. The van der Waals surface area contributed by atoms with Crippen molar-refractivity contribution in [3.63, 3.8) is 0 Å². The van der Waals surface area contributed by atoms with Crippen molar-refractivity contribution in [2.75, 3.05) is 69.8 Å². The van der Waals surface area contributed by atoms with Gasteiger partial charge < -0.3 is 39.9 Å². The van der Waals surface area contributed by atoms with Gasteiger partial charge in [0.1, 0.15) is 17.3 Å². The third-order valence-electron chi connectivity index (χ3n) is 14.1. The second kappa shape index (κ2) is 27.2. The number of rotatable bonds is 14. The van der Waals surface area contributed by atoms with Crippen LogP contribution in [0.25, 0.3) is 51.7 Å². The minimum absolute atomic E-state index is 0. The first-order valence-electron chi connectivity index (χ1n) is 27.7. The second-order valence-electron chi connectivity index (χ2n) is 20.5. The molecule has 14 rings (SSSR count). The molecule has 6 N–H and O–H groups in total. The summed E-state index contributed by atoms with van der Waals surface area (Å²) < 4.78 is 32.9. The van der Waals surface area contributed by atoms with Crippen LogP contribution < -0.4 is 17.2 Å². The van der Waals surface area contributed by atoms with Crippen molar-refractivity contribution in [1.82, 2.24) is 83.5 Å². The Bertz CT molecular complexity index is 4080. The van der Waals surface area contributed by atoms with Crippen molar-refractivity contribution < 1.29 is 22.7 Å². The number of hydrogen-bond acceptors (Lipinski definition) is 22. The van der Waals surface area contributed by atoms with Crippen molar-refractivity contribution in [2.45, 2.75) is 73.9 Å². The van der Waals surface area contributed by atoms with E-state index in [1.54, 1.807) is 32.1 Å². The first kappa shape index (κ1) is 60.6. The van der Waals surface area contributed by atoms with E-state index in [9.17, 15) is 0 Å². The average Bonchev–Trinajstić information content (AvgIpc) is 2.58. The van der Waals surface area contributed by atoms with Crippen LogP contribution in [0.2, 0.25) is 0 Å². The first-order chi connectivity index (χ1) is 41.4. The topological polar surface area (TPSA) is 310 Å². The molecule has 2 aliphatic rings. The van der Waals surface area contributed by atoms with E-state index >= 15 is 0 Å². The van der Waals surface area contributed by atoms with Gasteiger partial charge in [0.25, 0.3) is 0 Å². The number of furan rings is 3. The summed E-state index contributed by atoms with van der Waals surface area (Å²) in [6.07, 6.45) is 7.11. The third kappa shape index (κ3) is 14.3. The zero-order valence-corrected chi connectivity index (χ0v) is 47.8. The number of pyridine rings is 3. The number of fused-ring (bicyclic) bond motifs is 3. The van der Waals surface area contributed by atoms with Crippen LogP contribution in [-0.4, -0.2) is 136 Å². The van der Waals surface area contributed by atoms with Gasteiger partial charge in [-0.05, 0) is 93.6 Å². The van der Waals surface area contributed by atoms with Crippen molar-refractivity contribution >= 4 is 46.4 Å². The molecular formula is C61H69ClN20O5. The van der Waals surface area contributed by atoms with Crippen LogP contribution in [0.5, 0.6) is 0 Å². The molecule has 14 heterocycles. The van der Waals surface area contributed by atoms with E-state index < -0.39 is 0 Å². The maximum atomic E-state index is 5.98. The Morgan fingerprint density at radius 1 is 0.402 bits per heavy atom. The Morgan fingerprint density at radius 2 is 0.713 bits per heavy atom. The fourth-order valence-corrected chi connectivity index (χ4v) is 10.2. The summed E-state index contributed by atoms with van der Waals surface area (Å²) in [5.41, 5.74) is 28.3. The number of nitrogen functional groups attached to an aromatic ring is 3. The molecule has 0 unspecified atom stereocenters. The monoisotopic (exact) mass is 1200 g/mol. The summed E-state index contributed by atoms with van der Waals surface area (Å²) in [6.45, 7) is 14.1. The number of aryl methyl sites for hydroxylation is 3. The Labute approximate surface area is 506 Å². The highest BCUT2D eigenvalue weighted by atomic mass is 35.5. The number of aromatic nitrogens is 15. The van der Waals surface area contributed by atoms with Gasteiger partial charge in [0.05, 0.1) is 68.0 Å². The van der Waals surface area contributed by atoms with Crippen LogP contribution in [0.4, 0.5) is 17.8 Å². The summed E-state index contributed by atoms with van der Waals surface area (Å²) in [6, 6.07) is 29.2. The van der Waals surface area contributed by atoms with Crippen LogP contribution in [0.1, 0.15) is 83.0 Å². The van der Waals surface area contributed by atoms with Gasteiger partial charge >= 0.3 is 0 Å². The minimum atomic E-state index is 0. The van der Waals surface area contributed by atoms with Gasteiger partial charge in [0.2, 0.25) is 35.3 Å². The van der Waals surface area contributed by atoms with Crippen molar-refractivity contribution in [3.05, 3.63) is 178 Å². The normalized spacial score (nSPS) is 13.7. The molecule has 0 saturated carbocycles. The average molecular weight is 1200 g/mol. The smallest absolute Gasteiger partial charge is 0.224 e. The maximum Gasteiger partial charge on any atom is 0.224 e. The Hall–Kier alpha value is -9.53. The van der Waals surface area contributed by atoms with E-state index in [0.717, 1.165) is 134 Å². The molecular weight excluding hydrogens is 1130 g/mol. The molecule has 2 saturated heterocycles. The molecule has 0 aliphatic carbocycles. The Morgan fingerprint density at radius 3 is 1.02 bits per heavy atom. The zero-order chi connectivity index (χ0) is 58.4. The molecule has 12 aromatic heterocycles. The van der Waals surface area contributed by atoms with Crippen LogP contribution in [0, 0.1) is 20.8 Å². The van der Waals surface area contributed by atoms with Gasteiger partial charge in [-0.15, -0.1) is 11.6 Å². The van der Waals surface area contributed by atoms with Crippen LogP contribution in [0.15, 0.2) is 123 Å². The van der Waals surface area contributed by atoms with Gasteiger partial charge in [0.15, 0.2) is 34.2 Å². The van der Waals surface area contributed by atoms with E-state index in [-0.39, 0.29) is 32.7 Å². The lowest BCUT2D eigenvalue weighted by molar-refractivity contribution is 0.0335. The number of nitrogens with two attached hydrogens (primary N) is 3. The number of anilines is 3. The number of ether oxygens (including phenoxy) is 2. The standard InChI is InChI=1S/2C21H23N7O2.C17H15ClN6O.2CH4/c2*1-14-5-6-18(30-14)20-26-21(22)25-19-15(12-23-28(19)20)11-16-3-2-4-17(24-16)13-27-7-9-29-10-8-27;1-10-5-6-14(25-10)16-23-17(19)22-15-11(9-20-24(15)16)7-12-3-2-4-13(8-18)21-12;;/h2*2-6,12H,7-11,13H2,1H3,(H2,22,25);2-6,9H,7-8H2,1H3,(H2,19,22);2*1H4. The highest BCUT2D eigenvalue weighted by Gasteiger charge is 2.21. The minimum Gasteiger partial charge on any atom is -0.458 e. The summed E-state index contributed by atoms with van der Waals surface area (Å²) in [7, 11) is 0. The molecule has 2 fully saturated rings. The number of alkyl halides is 1. The SMILES string of the molecule is C.C.Cc1ccc(-c2nc(N)nc3c(Cc4cccc(CCl)n4)cnn23)o1.Cc1ccc(-c2nc(N)nc3c(Cc4cccc(CN5CCOCC5)n4)cnn23)o1.Cc1ccc(-c2nc(N)nc3c(Cc4cccc(CN5CCOCC5)n4)cnn23)o1. The highest BCUT2D eigenvalue weighted by molar-refractivity contribution is 6.16. The molecule has 87 heavy (non-hydrogen) atoms. The summed E-state index contributed by atoms with van der Waals surface area (Å²) in [5, 5.41) is 13.4. The van der Waals surface area contributed by atoms with E-state index in [2.05, 4.69) is 72.1 Å². The van der Waals surface area contributed by atoms with Crippen molar-refractivity contribution in [2.24, 2.45) is 0 Å². The van der Waals surface area contributed by atoms with Gasteiger partial charge in [-0.2, -0.15) is 58.7 Å². The molecule has 0 amide bonds. The maximum absolute atomic E-state index is 5.98. The molecule has 0 radical (unpaired) electrons.